The van der Waals surface area contributed by atoms with Gasteiger partial charge in [-0.25, -0.2) is 4.85 Å². The van der Waals surface area contributed by atoms with Gasteiger partial charge in [-0.05, 0) is 77.4 Å². The molecule has 0 fully saturated rings. The van der Waals surface area contributed by atoms with Gasteiger partial charge in [0, 0.05) is 37.9 Å². The number of aromatic nitrogens is 1. The van der Waals surface area contributed by atoms with Gasteiger partial charge in [0.2, 0.25) is 0 Å². The van der Waals surface area contributed by atoms with Crippen molar-refractivity contribution in [1.29, 1.82) is 5.26 Å². The first-order valence-electron chi connectivity index (χ1n) is 16.0. The van der Waals surface area contributed by atoms with Gasteiger partial charge in [-0.3, -0.25) is 0 Å². The molecular formula is C44H23N3O2. The predicted molar refractivity (Wildman–Crippen MR) is 197 cm³/mol. The number of hydrogen-bond donors (Lipinski definition) is 0. The molecule has 5 heteroatoms. The summed E-state index contributed by atoms with van der Waals surface area (Å²) in [5.41, 5.74) is 11.3. The standard InChI is InChI=1S/C44H23N3O2/c1-46-30-10-6-8-26(20-30)27-16-18-40-34(21-27)36-23-43-37(24-42(36)48-40)35-22-28(17-19-41(35)49-43)31-13-7-9-29(25-45)44(31)47-38-14-4-2-11-32(38)33-12-3-5-15-39(33)47/h2-24H. The molecule has 0 saturated heterocycles. The highest BCUT2D eigenvalue weighted by atomic mass is 16.3. The molecule has 0 aliphatic carbocycles. The quantitative estimate of drug-likeness (QED) is 0.184. The van der Waals surface area contributed by atoms with E-state index in [1.165, 1.54) is 0 Å². The highest BCUT2D eigenvalue weighted by molar-refractivity contribution is 6.16. The summed E-state index contributed by atoms with van der Waals surface area (Å²) >= 11 is 0. The molecule has 7 aromatic carbocycles. The summed E-state index contributed by atoms with van der Waals surface area (Å²) in [7, 11) is 0. The van der Waals surface area contributed by atoms with Gasteiger partial charge >= 0.3 is 0 Å². The van der Waals surface area contributed by atoms with Crippen LogP contribution in [0, 0.1) is 17.9 Å². The van der Waals surface area contributed by atoms with Gasteiger partial charge in [0.25, 0.3) is 0 Å². The second-order valence-electron chi connectivity index (χ2n) is 12.3. The fraction of sp³-hybridized carbons (Fsp3) is 0. The maximum atomic E-state index is 10.4. The lowest BCUT2D eigenvalue weighted by atomic mass is 9.98. The van der Waals surface area contributed by atoms with E-state index in [4.69, 9.17) is 15.4 Å². The third-order valence-corrected chi connectivity index (χ3v) is 9.64. The number of nitriles is 1. The van der Waals surface area contributed by atoms with E-state index in [9.17, 15) is 5.26 Å². The summed E-state index contributed by atoms with van der Waals surface area (Å²) in [5, 5.41) is 16.6. The Morgan fingerprint density at radius 1 is 0.510 bits per heavy atom. The monoisotopic (exact) mass is 625 g/mol. The molecule has 3 heterocycles. The van der Waals surface area contributed by atoms with Crippen molar-refractivity contribution >= 4 is 71.4 Å². The summed E-state index contributed by atoms with van der Waals surface area (Å²) in [6, 6.07) is 49.3. The van der Waals surface area contributed by atoms with Crippen LogP contribution in [0.15, 0.2) is 148 Å². The fourth-order valence-corrected chi connectivity index (χ4v) is 7.42. The largest absolute Gasteiger partial charge is 0.456 e. The average Bonchev–Trinajstić information content (AvgIpc) is 3.81. The van der Waals surface area contributed by atoms with Crippen LogP contribution in [-0.2, 0) is 0 Å². The molecule has 0 N–H and O–H groups in total. The van der Waals surface area contributed by atoms with Gasteiger partial charge in [0.05, 0.1) is 28.9 Å². The van der Waals surface area contributed by atoms with E-state index in [0.717, 1.165) is 93.6 Å². The average molecular weight is 626 g/mol. The lowest BCUT2D eigenvalue weighted by Gasteiger charge is -2.16. The minimum absolute atomic E-state index is 0.602. The van der Waals surface area contributed by atoms with E-state index in [-0.39, 0.29) is 0 Å². The normalized spacial score (nSPS) is 11.6. The first-order chi connectivity index (χ1) is 24.2. The van der Waals surface area contributed by atoms with Crippen LogP contribution in [0.5, 0.6) is 0 Å². The number of furan rings is 2. The van der Waals surface area contributed by atoms with Gasteiger partial charge in [-0.1, -0.05) is 78.9 Å². The Morgan fingerprint density at radius 2 is 1.08 bits per heavy atom. The third kappa shape index (κ3) is 3.97. The molecule has 5 nitrogen and oxygen atoms in total. The number of benzene rings is 7. The van der Waals surface area contributed by atoms with Crippen molar-refractivity contribution in [2.45, 2.75) is 0 Å². The first kappa shape index (κ1) is 27.1. The van der Waals surface area contributed by atoms with Gasteiger partial charge in [0.15, 0.2) is 5.69 Å². The number of hydrogen-bond acceptors (Lipinski definition) is 3. The molecule has 10 rings (SSSR count). The van der Waals surface area contributed by atoms with E-state index in [1.807, 2.05) is 66.7 Å². The van der Waals surface area contributed by atoms with Crippen LogP contribution in [-0.4, -0.2) is 4.57 Å². The number of nitrogens with zero attached hydrogens (tertiary/aromatic N) is 3. The summed E-state index contributed by atoms with van der Waals surface area (Å²) in [4.78, 5) is 3.59. The van der Waals surface area contributed by atoms with Crippen LogP contribution < -0.4 is 0 Å². The van der Waals surface area contributed by atoms with E-state index >= 15 is 0 Å². The topological polar surface area (TPSA) is 59.4 Å². The van der Waals surface area contributed by atoms with Crippen LogP contribution >= 0.6 is 0 Å². The molecular weight excluding hydrogens is 603 g/mol. The summed E-state index contributed by atoms with van der Waals surface area (Å²) in [6.45, 7) is 7.41. The molecule has 3 aromatic heterocycles. The SMILES string of the molecule is [C-]#[N+]c1cccc(-c2ccc3oc4cc5c(cc4c3c2)oc2ccc(-c3cccc(C#N)c3-n3c4ccccc4c4ccccc43)cc25)c1. The molecule has 0 radical (unpaired) electrons. The van der Waals surface area contributed by atoms with Crippen molar-refractivity contribution in [2.75, 3.05) is 0 Å². The van der Waals surface area contributed by atoms with Crippen LogP contribution in [0.2, 0.25) is 0 Å². The zero-order chi connectivity index (χ0) is 32.6. The summed E-state index contributed by atoms with van der Waals surface area (Å²) in [6.07, 6.45) is 0. The van der Waals surface area contributed by atoms with Crippen LogP contribution in [0.25, 0.3) is 98.5 Å². The predicted octanol–water partition coefficient (Wildman–Crippen LogP) is 12.3. The lowest BCUT2D eigenvalue weighted by Crippen LogP contribution is -2.00. The molecule has 0 aliphatic rings. The second kappa shape index (κ2) is 10.2. The maximum Gasteiger partial charge on any atom is 0.187 e. The van der Waals surface area contributed by atoms with Gasteiger partial charge in [-0.15, -0.1) is 0 Å². The lowest BCUT2D eigenvalue weighted by molar-refractivity contribution is 0.664. The molecule has 0 unspecified atom stereocenters. The number of para-hydroxylation sites is 3. The molecule has 0 spiro atoms. The van der Waals surface area contributed by atoms with Crippen molar-refractivity contribution in [3.8, 4) is 34.0 Å². The Hall–Kier alpha value is -7.08. The Balaban J connectivity index is 1.17. The highest BCUT2D eigenvalue weighted by Gasteiger charge is 2.20. The second-order valence-corrected chi connectivity index (χ2v) is 12.3. The number of rotatable bonds is 3. The van der Waals surface area contributed by atoms with Gasteiger partial charge < -0.3 is 13.4 Å². The highest BCUT2D eigenvalue weighted by Crippen LogP contribution is 2.42. The molecule has 10 aromatic rings. The van der Waals surface area contributed by atoms with Crippen molar-refractivity contribution < 1.29 is 8.83 Å². The van der Waals surface area contributed by atoms with E-state index in [2.05, 4.69) is 88.3 Å². The molecule has 226 valence electrons. The Morgan fingerprint density at radius 3 is 1.73 bits per heavy atom. The zero-order valence-electron chi connectivity index (χ0n) is 25.9. The van der Waals surface area contributed by atoms with Gasteiger partial charge in [0.1, 0.15) is 28.4 Å². The molecule has 0 bridgehead atoms. The van der Waals surface area contributed by atoms with E-state index < -0.39 is 0 Å². The zero-order valence-corrected chi connectivity index (χ0v) is 25.9. The number of fused-ring (bicyclic) bond motifs is 9. The van der Waals surface area contributed by atoms with Crippen molar-refractivity contribution in [1.82, 2.24) is 4.57 Å². The summed E-state index contributed by atoms with van der Waals surface area (Å²) < 4.78 is 15.0. The van der Waals surface area contributed by atoms with E-state index in [0.29, 0.717) is 11.3 Å². The first-order valence-corrected chi connectivity index (χ1v) is 16.0. The van der Waals surface area contributed by atoms with E-state index in [1.54, 1.807) is 0 Å². The molecule has 0 saturated carbocycles. The smallest absolute Gasteiger partial charge is 0.187 e. The molecule has 49 heavy (non-hydrogen) atoms. The third-order valence-electron chi connectivity index (χ3n) is 9.64. The Labute approximate surface area is 279 Å². The maximum absolute atomic E-state index is 10.4. The van der Waals surface area contributed by atoms with Gasteiger partial charge in [-0.2, -0.15) is 5.26 Å². The van der Waals surface area contributed by atoms with Crippen molar-refractivity contribution in [2.24, 2.45) is 0 Å². The Kier molecular flexibility index (Phi) is 5.64. The summed E-state index contributed by atoms with van der Waals surface area (Å²) in [5.74, 6) is 0. The minimum atomic E-state index is 0.602. The fourth-order valence-electron chi connectivity index (χ4n) is 7.42. The molecule has 0 amide bonds. The Bertz CT molecular complexity index is 3030. The minimum Gasteiger partial charge on any atom is -0.456 e. The van der Waals surface area contributed by atoms with Crippen LogP contribution in [0.1, 0.15) is 5.56 Å². The van der Waals surface area contributed by atoms with Crippen LogP contribution in [0.3, 0.4) is 0 Å². The van der Waals surface area contributed by atoms with Crippen LogP contribution in [0.4, 0.5) is 5.69 Å². The molecule has 0 aliphatic heterocycles. The molecule has 0 atom stereocenters. The van der Waals surface area contributed by atoms with Crippen molar-refractivity contribution in [3.05, 3.63) is 157 Å². The van der Waals surface area contributed by atoms with Crippen molar-refractivity contribution in [3.63, 3.8) is 0 Å².